The predicted octanol–water partition coefficient (Wildman–Crippen LogP) is 5.51. The summed E-state index contributed by atoms with van der Waals surface area (Å²) in [4.78, 5) is 30.6. The van der Waals surface area contributed by atoms with Crippen molar-refractivity contribution in [3.05, 3.63) is 33.3 Å². The molecule has 6 atom stereocenters. The molecule has 0 aromatic carbocycles. The van der Waals surface area contributed by atoms with Crippen LogP contribution in [0.2, 0.25) is 0 Å². The first kappa shape index (κ1) is 29.4. The molecule has 0 aliphatic carbocycles. The molecule has 0 spiro atoms. The van der Waals surface area contributed by atoms with Crippen molar-refractivity contribution in [3.63, 3.8) is 0 Å². The second-order valence-corrected chi connectivity index (χ2v) is 11.9. The third-order valence-corrected chi connectivity index (χ3v) is 8.41. The number of thiazole rings is 1. The van der Waals surface area contributed by atoms with Gasteiger partial charge in [-0.1, -0.05) is 46.3 Å². The number of hydrogen-bond acceptors (Lipinski definition) is 7. The Morgan fingerprint density at radius 1 is 1.17 bits per heavy atom. The lowest BCUT2D eigenvalue weighted by molar-refractivity contribution is -0.154. The van der Waals surface area contributed by atoms with Crippen molar-refractivity contribution in [1.82, 2.24) is 4.98 Å². The van der Waals surface area contributed by atoms with Crippen LogP contribution in [0.1, 0.15) is 84.9 Å². The Labute approximate surface area is 214 Å². The van der Waals surface area contributed by atoms with Gasteiger partial charge in [0.15, 0.2) is 0 Å². The molecule has 2 N–H and O–H groups in total. The summed E-state index contributed by atoms with van der Waals surface area (Å²) in [5.41, 5.74) is 1.70. The van der Waals surface area contributed by atoms with E-state index in [4.69, 9.17) is 4.74 Å². The number of aliphatic hydroxyl groups is 2. The molecule has 1 aliphatic heterocycles. The van der Waals surface area contributed by atoms with E-state index >= 15 is 0 Å². The van der Waals surface area contributed by atoms with Gasteiger partial charge < -0.3 is 14.9 Å². The van der Waals surface area contributed by atoms with Crippen LogP contribution in [0.4, 0.5) is 0 Å². The molecule has 0 unspecified atom stereocenters. The molecule has 35 heavy (non-hydrogen) atoms. The van der Waals surface area contributed by atoms with Gasteiger partial charge in [0.05, 0.1) is 34.7 Å². The van der Waals surface area contributed by atoms with Gasteiger partial charge >= 0.3 is 5.97 Å². The number of aromatic nitrogens is 1. The minimum absolute atomic E-state index is 0.0606. The summed E-state index contributed by atoms with van der Waals surface area (Å²) in [6.07, 6.45) is 3.41. The van der Waals surface area contributed by atoms with E-state index in [0.717, 1.165) is 29.1 Å². The number of carbonyl (C=O) groups is 2. The zero-order chi connectivity index (χ0) is 26.5. The molecule has 2 rings (SSSR count). The van der Waals surface area contributed by atoms with E-state index in [-0.39, 0.29) is 18.1 Å². The highest BCUT2D eigenvalue weighted by atomic mass is 32.1. The van der Waals surface area contributed by atoms with E-state index in [0.29, 0.717) is 12.3 Å². The molecule has 0 saturated heterocycles. The van der Waals surface area contributed by atoms with Gasteiger partial charge in [-0.15, -0.1) is 11.3 Å². The Hall–Kier alpha value is -1.83. The molecule has 1 aliphatic rings. The van der Waals surface area contributed by atoms with Gasteiger partial charge in [0.1, 0.15) is 11.9 Å². The van der Waals surface area contributed by atoms with Crippen LogP contribution in [0.5, 0.6) is 0 Å². The number of aliphatic hydroxyl groups excluding tert-OH is 2. The first-order valence-corrected chi connectivity index (χ1v) is 13.5. The lowest BCUT2D eigenvalue weighted by atomic mass is 9.72. The third-order valence-electron chi connectivity index (χ3n) is 7.62. The number of cyclic esters (lactones) is 1. The Balaban J connectivity index is 2.38. The van der Waals surface area contributed by atoms with Crippen LogP contribution in [0, 0.1) is 30.1 Å². The zero-order valence-corrected chi connectivity index (χ0v) is 23.3. The van der Waals surface area contributed by atoms with Crippen LogP contribution in [0.25, 0.3) is 6.08 Å². The molecule has 6 nitrogen and oxygen atoms in total. The summed E-state index contributed by atoms with van der Waals surface area (Å²) < 4.78 is 5.84. The van der Waals surface area contributed by atoms with E-state index in [9.17, 15) is 19.8 Å². The molecule has 1 aromatic heterocycles. The number of ketones is 1. The molecule has 196 valence electrons. The topological polar surface area (TPSA) is 96.7 Å². The van der Waals surface area contributed by atoms with Crippen molar-refractivity contribution in [2.24, 2.45) is 23.2 Å². The summed E-state index contributed by atoms with van der Waals surface area (Å²) in [7, 11) is 0. The lowest BCUT2D eigenvalue weighted by Gasteiger charge is -2.34. The molecule has 2 heterocycles. The van der Waals surface area contributed by atoms with Gasteiger partial charge in [0.25, 0.3) is 0 Å². The number of carbonyl (C=O) groups excluding carboxylic acids is 2. The highest BCUT2D eigenvalue weighted by Crippen LogP contribution is 2.33. The lowest BCUT2D eigenvalue weighted by Crippen LogP contribution is -2.45. The van der Waals surface area contributed by atoms with Gasteiger partial charge in [-0.25, -0.2) is 4.98 Å². The fourth-order valence-corrected chi connectivity index (χ4v) is 5.09. The van der Waals surface area contributed by atoms with E-state index in [1.54, 1.807) is 32.1 Å². The third kappa shape index (κ3) is 7.83. The molecule has 1 aromatic rings. The summed E-state index contributed by atoms with van der Waals surface area (Å²) in [6, 6.07) is 0. The van der Waals surface area contributed by atoms with E-state index < -0.39 is 35.6 Å². The van der Waals surface area contributed by atoms with Crippen LogP contribution in [0.3, 0.4) is 0 Å². The maximum Gasteiger partial charge on any atom is 0.309 e. The standard InChI is InChI=1S/C28H43NO5S/c1-16-9-10-18(3)26(32)20(5)27(33)28(7,8)24(30)14-25(31)34-23(12-11-17(16)2)19(4)13-22-15-35-21(6)29-22/h11,13,15-16,18,20,23-24,26,30,32H,9-10,12,14H2,1-8H3/b17-11-,19-13+/t16-,18+,20-,23+,24+,26+/m1/s1. The number of esters is 1. The monoisotopic (exact) mass is 505 g/mol. The molecule has 0 bridgehead atoms. The number of ether oxygens (including phenoxy) is 1. The number of hydrogen-bond donors (Lipinski definition) is 2. The van der Waals surface area contributed by atoms with Crippen molar-refractivity contribution in [2.75, 3.05) is 0 Å². The van der Waals surface area contributed by atoms with Gasteiger partial charge in [-0.3, -0.25) is 9.59 Å². The van der Waals surface area contributed by atoms with E-state index in [1.165, 1.54) is 5.57 Å². The molecule has 0 fully saturated rings. The van der Waals surface area contributed by atoms with Gasteiger partial charge in [0, 0.05) is 17.7 Å². The highest BCUT2D eigenvalue weighted by Gasteiger charge is 2.42. The smallest absolute Gasteiger partial charge is 0.309 e. The average molecular weight is 506 g/mol. The van der Waals surface area contributed by atoms with E-state index in [1.807, 2.05) is 32.2 Å². The van der Waals surface area contributed by atoms with E-state index in [2.05, 4.69) is 24.9 Å². The van der Waals surface area contributed by atoms with Crippen LogP contribution in [-0.2, 0) is 14.3 Å². The first-order chi connectivity index (χ1) is 16.2. The average Bonchev–Trinajstić information content (AvgIpc) is 3.21. The maximum atomic E-state index is 13.2. The molecule has 7 heteroatoms. The number of Topliss-reactive ketones (excluding diaryl/α,β-unsaturated/α-hetero) is 1. The van der Waals surface area contributed by atoms with Gasteiger partial charge in [0.2, 0.25) is 0 Å². The number of nitrogens with zero attached hydrogens (tertiary/aromatic N) is 1. The summed E-state index contributed by atoms with van der Waals surface area (Å²) >= 11 is 1.56. The molecular weight excluding hydrogens is 462 g/mol. The van der Waals surface area contributed by atoms with Crippen LogP contribution < -0.4 is 0 Å². The molecule has 0 radical (unpaired) electrons. The van der Waals surface area contributed by atoms with Crippen molar-refractivity contribution >= 4 is 29.2 Å². The van der Waals surface area contributed by atoms with Gasteiger partial charge in [-0.2, -0.15) is 0 Å². The van der Waals surface area contributed by atoms with Crippen LogP contribution in [-0.4, -0.2) is 45.3 Å². The molecule has 0 saturated carbocycles. The van der Waals surface area contributed by atoms with Crippen molar-refractivity contribution in [2.45, 2.75) is 99.4 Å². The zero-order valence-electron chi connectivity index (χ0n) is 22.5. The van der Waals surface area contributed by atoms with Gasteiger partial charge in [-0.05, 0) is 57.1 Å². The quantitative estimate of drug-likeness (QED) is 0.406. The number of allylic oxidation sites excluding steroid dienone is 1. The largest absolute Gasteiger partial charge is 0.457 e. The molecular formula is C28H43NO5S. The number of rotatable bonds is 2. The summed E-state index contributed by atoms with van der Waals surface area (Å²) in [6.45, 7) is 15.0. The summed E-state index contributed by atoms with van der Waals surface area (Å²) in [5, 5.41) is 24.6. The highest BCUT2D eigenvalue weighted by molar-refractivity contribution is 7.09. The fraction of sp³-hybridized carbons (Fsp3) is 0.679. The minimum Gasteiger partial charge on any atom is -0.457 e. The Bertz CT molecular complexity index is 947. The minimum atomic E-state index is -1.22. The maximum absolute atomic E-state index is 13.2. The fourth-order valence-electron chi connectivity index (χ4n) is 4.52. The Morgan fingerprint density at radius 2 is 1.83 bits per heavy atom. The van der Waals surface area contributed by atoms with Crippen LogP contribution >= 0.6 is 11.3 Å². The van der Waals surface area contributed by atoms with Crippen molar-refractivity contribution in [1.29, 1.82) is 0 Å². The summed E-state index contributed by atoms with van der Waals surface area (Å²) in [5.74, 6) is -1.22. The Kier molecular flexibility index (Phi) is 10.4. The normalized spacial score (nSPS) is 33.7. The predicted molar refractivity (Wildman–Crippen MR) is 141 cm³/mol. The number of aryl methyl sites for hydroxylation is 1. The van der Waals surface area contributed by atoms with Crippen molar-refractivity contribution in [3.8, 4) is 0 Å². The molecule has 0 amide bonds. The second kappa shape index (κ2) is 12.4. The second-order valence-electron chi connectivity index (χ2n) is 10.9. The van der Waals surface area contributed by atoms with Crippen LogP contribution in [0.15, 0.2) is 22.6 Å². The SMILES string of the molecule is C/C1=C/C[C@@H](/C(C)=C/c2csc(C)n2)OC(=O)C[C@H](O)C(C)(C)C(=O)[C@H](C)[C@@H](O)[C@@H](C)CC[C@H]1C. The Morgan fingerprint density at radius 3 is 2.43 bits per heavy atom. The first-order valence-electron chi connectivity index (χ1n) is 12.6. The van der Waals surface area contributed by atoms with Crippen molar-refractivity contribution < 1.29 is 24.5 Å².